The van der Waals surface area contributed by atoms with Gasteiger partial charge in [0.15, 0.2) is 0 Å². The van der Waals surface area contributed by atoms with Crippen LogP contribution in [0.15, 0.2) is 12.4 Å². The monoisotopic (exact) mass is 274 g/mol. The van der Waals surface area contributed by atoms with E-state index in [4.69, 9.17) is 0 Å². The largest absolute Gasteiger partial charge is 0.351 e. The third-order valence-electron chi connectivity index (χ3n) is 3.68. The summed E-state index contributed by atoms with van der Waals surface area (Å²) in [4.78, 5) is 16.2. The van der Waals surface area contributed by atoms with Crippen molar-refractivity contribution in [1.82, 2.24) is 15.5 Å². The van der Waals surface area contributed by atoms with Crippen molar-refractivity contribution in [3.63, 3.8) is 0 Å². The van der Waals surface area contributed by atoms with E-state index in [0.29, 0.717) is 0 Å². The number of amides is 1. The Morgan fingerprint density at radius 2 is 2.16 bits per heavy atom. The molecule has 1 aliphatic rings. The van der Waals surface area contributed by atoms with Crippen LogP contribution in [0.4, 0.5) is 5.69 Å². The van der Waals surface area contributed by atoms with Crippen LogP contribution in [-0.4, -0.2) is 36.7 Å². The molecule has 98 valence electrons. The van der Waals surface area contributed by atoms with Crippen LogP contribution in [0, 0.1) is 0 Å². The molecule has 0 spiro atoms. The molecule has 3 heterocycles. The highest BCUT2D eigenvalue weighted by Crippen LogP contribution is 2.37. The Morgan fingerprint density at radius 1 is 1.42 bits per heavy atom. The molecule has 0 atom stereocenters. The van der Waals surface area contributed by atoms with Crippen LogP contribution in [0.5, 0.6) is 0 Å². The van der Waals surface area contributed by atoms with E-state index >= 15 is 0 Å². The number of rotatable bonds is 1. The van der Waals surface area contributed by atoms with Gasteiger partial charge in [0.2, 0.25) is 0 Å². The molecule has 5 nitrogen and oxygen atoms in total. The Morgan fingerprint density at radius 3 is 2.79 bits per heavy atom. The lowest BCUT2D eigenvalue weighted by atomic mass is 9.90. The molecular formula is C12H15BN4OS. The summed E-state index contributed by atoms with van der Waals surface area (Å²) in [5, 5.41) is 9.82. The zero-order chi connectivity index (χ0) is 13.8. The van der Waals surface area contributed by atoms with Crippen LogP contribution in [0.1, 0.15) is 23.5 Å². The number of nitrogens with zero attached hydrogens (tertiary/aromatic N) is 2. The molecule has 2 aromatic rings. The van der Waals surface area contributed by atoms with Crippen LogP contribution in [-0.2, 0) is 0 Å². The first-order chi connectivity index (χ1) is 8.92. The van der Waals surface area contributed by atoms with Gasteiger partial charge in [-0.3, -0.25) is 9.89 Å². The van der Waals surface area contributed by atoms with Gasteiger partial charge in [0.1, 0.15) is 18.4 Å². The molecule has 0 aliphatic carbocycles. The maximum atomic E-state index is 12.2. The van der Waals surface area contributed by atoms with Gasteiger partial charge < -0.3 is 10.2 Å². The van der Waals surface area contributed by atoms with Gasteiger partial charge in [-0.25, -0.2) is 0 Å². The first-order valence-electron chi connectivity index (χ1n) is 6.10. The van der Waals surface area contributed by atoms with E-state index in [0.717, 1.165) is 26.5 Å². The summed E-state index contributed by atoms with van der Waals surface area (Å²) < 4.78 is 0. The minimum atomic E-state index is -0.371. The number of hydrogen-bond acceptors (Lipinski definition) is 4. The first kappa shape index (κ1) is 12.3. The maximum absolute atomic E-state index is 12.2. The molecule has 0 unspecified atom stereocenters. The smallest absolute Gasteiger partial charge is 0.265 e. The van der Waals surface area contributed by atoms with Gasteiger partial charge in [0.05, 0.1) is 11.9 Å². The lowest BCUT2D eigenvalue weighted by molar-refractivity contribution is 0.0906. The molecule has 3 rings (SSSR count). The van der Waals surface area contributed by atoms with Crippen molar-refractivity contribution in [1.29, 1.82) is 0 Å². The molecule has 0 bridgehead atoms. The van der Waals surface area contributed by atoms with E-state index in [1.165, 1.54) is 11.3 Å². The number of thiophene rings is 1. The minimum Gasteiger partial charge on any atom is -0.351 e. The van der Waals surface area contributed by atoms with Gasteiger partial charge in [-0.1, -0.05) is 0 Å². The highest BCUT2D eigenvalue weighted by atomic mass is 32.1. The number of fused-ring (bicyclic) bond motifs is 1. The zero-order valence-corrected chi connectivity index (χ0v) is 12.2. The standard InChI is InChI=1S/C12H15BN4OS/c1-12(2)16-11(18)10-8(17(12)3)7(13)9(19-10)6-4-14-15-5-6/h4-5H,13H2,1-3H3,(H,14,15)(H,16,18). The van der Waals surface area contributed by atoms with Gasteiger partial charge in [-0.15, -0.1) is 11.3 Å². The van der Waals surface area contributed by atoms with Gasteiger partial charge >= 0.3 is 0 Å². The van der Waals surface area contributed by atoms with E-state index in [9.17, 15) is 4.79 Å². The van der Waals surface area contributed by atoms with Crippen LogP contribution >= 0.6 is 11.3 Å². The average molecular weight is 274 g/mol. The molecule has 0 aromatic carbocycles. The Labute approximate surface area is 116 Å². The van der Waals surface area contributed by atoms with E-state index < -0.39 is 0 Å². The summed E-state index contributed by atoms with van der Waals surface area (Å²) in [6.45, 7) is 4.00. The zero-order valence-electron chi connectivity index (χ0n) is 11.4. The van der Waals surface area contributed by atoms with E-state index in [1.54, 1.807) is 6.20 Å². The third-order valence-corrected chi connectivity index (χ3v) is 5.00. The predicted molar refractivity (Wildman–Crippen MR) is 80.0 cm³/mol. The molecular weight excluding hydrogens is 259 g/mol. The van der Waals surface area contributed by atoms with E-state index in [1.807, 2.05) is 27.1 Å². The number of H-pyrrole nitrogens is 1. The van der Waals surface area contributed by atoms with Gasteiger partial charge in [-0.2, -0.15) is 5.10 Å². The normalized spacial score (nSPS) is 17.2. The summed E-state index contributed by atoms with van der Waals surface area (Å²) in [7, 11) is 4.07. The van der Waals surface area contributed by atoms with Crippen molar-refractivity contribution in [3.8, 4) is 10.4 Å². The van der Waals surface area contributed by atoms with Crippen molar-refractivity contribution < 1.29 is 4.79 Å². The van der Waals surface area contributed by atoms with Crippen LogP contribution in [0.25, 0.3) is 10.4 Å². The summed E-state index contributed by atoms with van der Waals surface area (Å²) in [6, 6.07) is 0. The van der Waals surface area contributed by atoms with Crippen molar-refractivity contribution >= 4 is 36.2 Å². The van der Waals surface area contributed by atoms with Crippen LogP contribution in [0.2, 0.25) is 0 Å². The van der Waals surface area contributed by atoms with Gasteiger partial charge in [0.25, 0.3) is 5.91 Å². The van der Waals surface area contributed by atoms with Gasteiger partial charge in [0, 0.05) is 23.7 Å². The number of nitrogens with one attached hydrogen (secondary N) is 2. The number of aromatic amines is 1. The highest BCUT2D eigenvalue weighted by Gasteiger charge is 2.37. The van der Waals surface area contributed by atoms with Crippen molar-refractivity contribution in [3.05, 3.63) is 17.3 Å². The fraction of sp³-hybridized carbons (Fsp3) is 0.333. The Hall–Kier alpha value is -1.76. The van der Waals surface area contributed by atoms with E-state index in [-0.39, 0.29) is 11.6 Å². The summed E-state index contributed by atoms with van der Waals surface area (Å²) in [5.41, 5.74) is 2.81. The molecule has 1 aliphatic heterocycles. The molecule has 0 saturated carbocycles. The molecule has 19 heavy (non-hydrogen) atoms. The number of hydrogen-bond donors (Lipinski definition) is 2. The second kappa shape index (κ2) is 3.87. The molecule has 0 fully saturated rings. The van der Waals surface area contributed by atoms with Crippen molar-refractivity contribution in [2.24, 2.45) is 0 Å². The molecule has 0 radical (unpaired) electrons. The van der Waals surface area contributed by atoms with Gasteiger partial charge in [-0.05, 0) is 19.3 Å². The van der Waals surface area contributed by atoms with Crippen LogP contribution in [0.3, 0.4) is 0 Å². The third kappa shape index (κ3) is 1.68. The van der Waals surface area contributed by atoms with E-state index in [2.05, 4.69) is 28.3 Å². The number of carbonyl (C=O) groups excluding carboxylic acids is 1. The Kier molecular flexibility index (Phi) is 2.50. The van der Waals surface area contributed by atoms with Crippen molar-refractivity contribution in [2.75, 3.05) is 11.9 Å². The molecule has 2 N–H and O–H groups in total. The predicted octanol–water partition coefficient (Wildman–Crippen LogP) is 0.312. The lowest BCUT2D eigenvalue weighted by Gasteiger charge is -2.42. The number of carbonyl (C=O) groups is 1. The molecule has 0 saturated heterocycles. The molecule has 7 heteroatoms. The Balaban J connectivity index is 2.21. The maximum Gasteiger partial charge on any atom is 0.265 e. The molecule has 1 amide bonds. The lowest BCUT2D eigenvalue weighted by Crippen LogP contribution is -2.59. The first-order valence-corrected chi connectivity index (χ1v) is 6.92. The van der Waals surface area contributed by atoms with Crippen molar-refractivity contribution in [2.45, 2.75) is 19.5 Å². The minimum absolute atomic E-state index is 0.000875. The summed E-state index contributed by atoms with van der Waals surface area (Å²) in [5.74, 6) is 0.000875. The number of anilines is 1. The topological polar surface area (TPSA) is 61.0 Å². The second-order valence-corrected chi connectivity index (χ2v) is 6.31. The SMILES string of the molecule is Bc1c(-c2cn[nH]c2)sc2c1N(C)C(C)(C)NC2=O. The summed E-state index contributed by atoms with van der Waals surface area (Å²) in [6.07, 6.45) is 3.64. The Bertz CT molecular complexity index is 647. The second-order valence-electron chi connectivity index (χ2n) is 5.29. The average Bonchev–Trinajstić information content (AvgIpc) is 2.93. The highest BCUT2D eigenvalue weighted by molar-refractivity contribution is 7.19. The van der Waals surface area contributed by atoms with Crippen LogP contribution < -0.4 is 15.7 Å². The summed E-state index contributed by atoms with van der Waals surface area (Å²) >= 11 is 1.52. The number of aromatic nitrogens is 2. The quantitative estimate of drug-likeness (QED) is 0.736. The fourth-order valence-electron chi connectivity index (χ4n) is 2.41. The fourth-order valence-corrected chi connectivity index (χ4v) is 3.62. The molecule has 2 aromatic heterocycles.